The number of hydroxylamine groups is 2. The summed E-state index contributed by atoms with van der Waals surface area (Å²) in [6.45, 7) is 14.1. The minimum Gasteiger partial charge on any atom is -0.458 e. The van der Waals surface area contributed by atoms with Crippen molar-refractivity contribution in [2.45, 2.75) is 130 Å². The zero-order valence-corrected chi connectivity index (χ0v) is 33.4. The summed E-state index contributed by atoms with van der Waals surface area (Å²) >= 11 is 0. The van der Waals surface area contributed by atoms with Gasteiger partial charge in [-0.1, -0.05) is 30.3 Å². The van der Waals surface area contributed by atoms with Gasteiger partial charge in [0, 0.05) is 31.3 Å². The van der Waals surface area contributed by atoms with Gasteiger partial charge in [0.15, 0.2) is 0 Å². The van der Waals surface area contributed by atoms with Crippen LogP contribution in [0.1, 0.15) is 100.0 Å². The summed E-state index contributed by atoms with van der Waals surface area (Å²) in [5.74, 6) is -4.77. The Morgan fingerprint density at radius 1 is 0.764 bits per heavy atom. The van der Waals surface area contributed by atoms with Gasteiger partial charge in [-0.2, -0.15) is 0 Å². The van der Waals surface area contributed by atoms with Gasteiger partial charge in [0.2, 0.25) is 17.7 Å². The van der Waals surface area contributed by atoms with Gasteiger partial charge >= 0.3 is 18.0 Å². The molecule has 0 saturated carbocycles. The molecule has 6 amide bonds. The first-order valence-corrected chi connectivity index (χ1v) is 18.2. The van der Waals surface area contributed by atoms with Gasteiger partial charge in [-0.05, 0) is 87.1 Å². The molecular weight excluding hydrogens is 718 g/mol. The Bertz CT molecular complexity index is 1510. The van der Waals surface area contributed by atoms with E-state index in [0.29, 0.717) is 17.9 Å². The number of carbonyl (C=O) groups excluding carboxylic acids is 8. The average molecular weight is 776 g/mol. The average Bonchev–Trinajstić information content (AvgIpc) is 3.36. The fourth-order valence-corrected chi connectivity index (χ4v) is 4.99. The molecule has 17 nitrogen and oxygen atoms in total. The molecule has 1 aliphatic heterocycles. The Morgan fingerprint density at radius 2 is 1.36 bits per heavy atom. The van der Waals surface area contributed by atoms with E-state index in [9.17, 15) is 38.4 Å². The number of ether oxygens (including phenoxy) is 3. The summed E-state index contributed by atoms with van der Waals surface area (Å²) < 4.78 is 16.1. The molecule has 0 aromatic heterocycles. The molecule has 0 bridgehead atoms. The molecule has 1 aliphatic rings. The molecule has 0 spiro atoms. The van der Waals surface area contributed by atoms with Crippen molar-refractivity contribution in [2.24, 2.45) is 0 Å². The van der Waals surface area contributed by atoms with E-state index in [0.717, 1.165) is 5.56 Å². The van der Waals surface area contributed by atoms with Gasteiger partial charge in [-0.15, -0.1) is 5.06 Å². The van der Waals surface area contributed by atoms with Crippen LogP contribution in [-0.4, -0.2) is 113 Å². The third-order valence-electron chi connectivity index (χ3n) is 7.56. The highest BCUT2D eigenvalue weighted by Gasteiger charge is 2.35. The van der Waals surface area contributed by atoms with Crippen LogP contribution in [0.25, 0.3) is 0 Å². The number of imide groups is 1. The minimum absolute atomic E-state index is 0.0528. The van der Waals surface area contributed by atoms with E-state index in [2.05, 4.69) is 20.8 Å². The lowest BCUT2D eigenvalue weighted by Gasteiger charge is -2.36. The maximum absolute atomic E-state index is 13.8. The number of amides is 6. The number of carbonyl (C=O) groups is 8. The predicted molar refractivity (Wildman–Crippen MR) is 197 cm³/mol. The SMILES string of the molecule is CC(C)(C)OC(=O)[C@H](CCCCNC(=O)COCC(=O)ON1C(=O)CCC1=O)NC(=O)[C@H](Cc1ccccc1)NC(=O)CN(C(=O)OC(C)(C)C)C(C)(C)C. The van der Waals surface area contributed by atoms with Crippen LogP contribution in [0.5, 0.6) is 0 Å². The first kappa shape index (κ1) is 46.1. The quantitative estimate of drug-likeness (QED) is 0.111. The molecule has 0 aliphatic carbocycles. The zero-order chi connectivity index (χ0) is 41.6. The van der Waals surface area contributed by atoms with Crippen molar-refractivity contribution in [1.29, 1.82) is 0 Å². The van der Waals surface area contributed by atoms with Crippen LogP contribution in [0, 0.1) is 0 Å². The minimum atomic E-state index is -1.13. The lowest BCUT2D eigenvalue weighted by Crippen LogP contribution is -2.56. The molecule has 2 atom stereocenters. The number of unbranched alkanes of at least 4 members (excludes halogenated alkanes) is 1. The molecule has 2 rings (SSSR count). The highest BCUT2D eigenvalue weighted by Crippen LogP contribution is 2.19. The molecule has 0 radical (unpaired) electrons. The van der Waals surface area contributed by atoms with Crippen molar-refractivity contribution in [3.8, 4) is 0 Å². The summed E-state index contributed by atoms with van der Waals surface area (Å²) in [4.78, 5) is 107. The molecule has 0 unspecified atom stereocenters. The predicted octanol–water partition coefficient (Wildman–Crippen LogP) is 2.49. The molecule has 1 aromatic carbocycles. The second-order valence-corrected chi connectivity index (χ2v) is 16.0. The molecule has 1 saturated heterocycles. The number of hydrogen-bond acceptors (Lipinski definition) is 12. The number of hydrogen-bond donors (Lipinski definition) is 3. The van der Waals surface area contributed by atoms with Crippen molar-refractivity contribution in [3.05, 3.63) is 35.9 Å². The second kappa shape index (κ2) is 20.6. The van der Waals surface area contributed by atoms with E-state index < -0.39 is 96.2 Å². The lowest BCUT2D eigenvalue weighted by atomic mass is 10.0. The smallest absolute Gasteiger partial charge is 0.411 e. The van der Waals surface area contributed by atoms with Crippen molar-refractivity contribution in [1.82, 2.24) is 25.9 Å². The van der Waals surface area contributed by atoms with E-state index in [1.165, 1.54) is 4.90 Å². The van der Waals surface area contributed by atoms with E-state index in [-0.39, 0.29) is 32.2 Å². The number of nitrogens with one attached hydrogen (secondary N) is 3. The number of esters is 1. The highest BCUT2D eigenvalue weighted by molar-refractivity contribution is 6.01. The Morgan fingerprint density at radius 3 is 1.93 bits per heavy atom. The van der Waals surface area contributed by atoms with E-state index >= 15 is 0 Å². The van der Waals surface area contributed by atoms with Crippen LogP contribution < -0.4 is 16.0 Å². The third-order valence-corrected chi connectivity index (χ3v) is 7.56. The van der Waals surface area contributed by atoms with Crippen molar-refractivity contribution >= 4 is 47.6 Å². The first-order valence-electron chi connectivity index (χ1n) is 18.2. The normalized spacial score (nSPS) is 14.4. The molecule has 17 heteroatoms. The summed E-state index contributed by atoms with van der Waals surface area (Å²) in [6, 6.07) is 6.75. The number of nitrogens with zero attached hydrogens (tertiary/aromatic N) is 2. The molecule has 1 heterocycles. The van der Waals surface area contributed by atoms with Crippen LogP contribution in [-0.2, 0) is 59.0 Å². The van der Waals surface area contributed by atoms with Crippen LogP contribution >= 0.6 is 0 Å². The van der Waals surface area contributed by atoms with Crippen molar-refractivity contribution in [2.75, 3.05) is 26.3 Å². The van der Waals surface area contributed by atoms with E-state index in [1.807, 2.05) is 6.07 Å². The van der Waals surface area contributed by atoms with Crippen LogP contribution in [0.15, 0.2) is 30.3 Å². The van der Waals surface area contributed by atoms with Gasteiger partial charge in [0.25, 0.3) is 11.8 Å². The molecule has 55 heavy (non-hydrogen) atoms. The molecular formula is C38H57N5O12. The Labute approximate surface area is 322 Å². The monoisotopic (exact) mass is 775 g/mol. The first-order chi connectivity index (χ1) is 25.4. The maximum Gasteiger partial charge on any atom is 0.411 e. The third kappa shape index (κ3) is 17.8. The largest absolute Gasteiger partial charge is 0.458 e. The standard InChI is InChI=1S/C38H57N5O12/c1-36(2,3)42(35(51)54-38(7,8)9)22-28(44)40-27(21-25-15-11-10-12-16-25)33(49)41-26(34(50)53-37(4,5)6)17-13-14-20-39-29(45)23-52-24-32(48)55-43-30(46)18-19-31(43)47/h10-12,15-16,26-27H,13-14,17-24H2,1-9H3,(H,39,45)(H,40,44)(H,41,49)/t26-,27-/m0/s1. The van der Waals surface area contributed by atoms with Crippen LogP contribution in [0.4, 0.5) is 4.79 Å². The summed E-state index contributed by atoms with van der Waals surface area (Å²) in [5.41, 5.74) is -1.72. The molecule has 306 valence electrons. The Hall–Kier alpha value is -5.06. The lowest BCUT2D eigenvalue weighted by molar-refractivity contribution is -0.200. The Balaban J connectivity index is 2.04. The van der Waals surface area contributed by atoms with Gasteiger partial charge in [0.05, 0.1) is 0 Å². The zero-order valence-electron chi connectivity index (χ0n) is 33.4. The van der Waals surface area contributed by atoms with Crippen LogP contribution in [0.2, 0.25) is 0 Å². The molecule has 1 fully saturated rings. The fourth-order valence-electron chi connectivity index (χ4n) is 4.99. The van der Waals surface area contributed by atoms with Gasteiger partial charge < -0.3 is 35.0 Å². The van der Waals surface area contributed by atoms with Crippen LogP contribution in [0.3, 0.4) is 0 Å². The van der Waals surface area contributed by atoms with Gasteiger partial charge in [-0.3, -0.25) is 28.9 Å². The Kier molecular flexibility index (Phi) is 17.2. The number of rotatable bonds is 18. The van der Waals surface area contributed by atoms with Crippen molar-refractivity contribution in [3.63, 3.8) is 0 Å². The van der Waals surface area contributed by atoms with Crippen molar-refractivity contribution < 1.29 is 57.4 Å². The highest BCUT2D eigenvalue weighted by atomic mass is 16.7. The maximum atomic E-state index is 13.8. The summed E-state index contributed by atoms with van der Waals surface area (Å²) in [6.07, 6.45) is 0.173. The molecule has 1 aromatic rings. The number of benzene rings is 1. The summed E-state index contributed by atoms with van der Waals surface area (Å²) in [5, 5.41) is 8.48. The van der Waals surface area contributed by atoms with E-state index in [1.54, 1.807) is 86.6 Å². The summed E-state index contributed by atoms with van der Waals surface area (Å²) in [7, 11) is 0. The fraction of sp³-hybridized carbons (Fsp3) is 0.632. The second-order valence-electron chi connectivity index (χ2n) is 16.0. The topological polar surface area (TPSA) is 216 Å². The van der Waals surface area contributed by atoms with E-state index in [4.69, 9.17) is 14.2 Å². The van der Waals surface area contributed by atoms with Gasteiger partial charge in [0.1, 0.15) is 43.0 Å². The molecule has 3 N–H and O–H groups in total. The van der Waals surface area contributed by atoms with Gasteiger partial charge in [-0.25, -0.2) is 14.4 Å².